The van der Waals surface area contributed by atoms with Crippen molar-refractivity contribution >= 4 is 11.3 Å². The predicted octanol–water partition coefficient (Wildman–Crippen LogP) is 3.97. The van der Waals surface area contributed by atoms with Crippen molar-refractivity contribution in [1.29, 1.82) is 0 Å². The number of benzene rings is 1. The minimum absolute atomic E-state index is 0.469. The van der Waals surface area contributed by atoms with E-state index in [9.17, 15) is 0 Å². The monoisotopic (exact) mass is 284 g/mol. The largest absolute Gasteiger partial charge is 0.312 e. The normalized spacial score (nSPS) is 23.4. The minimum Gasteiger partial charge on any atom is -0.312 e. The van der Waals surface area contributed by atoms with Gasteiger partial charge in [-0.1, -0.05) is 26.0 Å². The van der Waals surface area contributed by atoms with Crippen molar-refractivity contribution in [3.05, 3.63) is 39.7 Å². The maximum atomic E-state index is 4.89. The van der Waals surface area contributed by atoms with Crippen molar-refractivity contribution in [2.75, 3.05) is 6.54 Å². The molecular formula is C17H20N2S. The maximum absolute atomic E-state index is 4.89. The van der Waals surface area contributed by atoms with Crippen LogP contribution in [-0.2, 0) is 13.0 Å². The molecule has 1 atom stereocenters. The predicted molar refractivity (Wildman–Crippen MR) is 84.1 cm³/mol. The second-order valence-corrected chi connectivity index (χ2v) is 7.62. The molecule has 3 heteroatoms. The first kappa shape index (κ1) is 12.5. The van der Waals surface area contributed by atoms with E-state index in [4.69, 9.17) is 4.98 Å². The highest BCUT2D eigenvalue weighted by Gasteiger charge is 2.48. The van der Waals surface area contributed by atoms with Crippen LogP contribution in [0.4, 0.5) is 0 Å². The van der Waals surface area contributed by atoms with Crippen molar-refractivity contribution in [2.45, 2.75) is 39.2 Å². The SMILES string of the molecule is CC1(C)CC1c1nc(-c2ccc3c(c2)CCNC3)cs1. The Hall–Kier alpha value is -1.19. The van der Waals surface area contributed by atoms with Crippen LogP contribution in [0.5, 0.6) is 0 Å². The third-order valence-electron chi connectivity index (χ3n) is 4.72. The lowest BCUT2D eigenvalue weighted by atomic mass is 9.97. The summed E-state index contributed by atoms with van der Waals surface area (Å²) in [4.78, 5) is 4.89. The van der Waals surface area contributed by atoms with E-state index in [0.717, 1.165) is 25.2 Å². The van der Waals surface area contributed by atoms with Gasteiger partial charge in [0, 0.05) is 23.4 Å². The summed E-state index contributed by atoms with van der Waals surface area (Å²) in [5, 5.41) is 6.98. The lowest BCUT2D eigenvalue weighted by Crippen LogP contribution is -2.23. The fourth-order valence-electron chi connectivity index (χ4n) is 3.11. The molecule has 0 bridgehead atoms. The minimum atomic E-state index is 0.469. The van der Waals surface area contributed by atoms with Crippen LogP contribution in [0, 0.1) is 5.41 Å². The van der Waals surface area contributed by atoms with Gasteiger partial charge in [0.15, 0.2) is 0 Å². The number of nitrogens with one attached hydrogen (secondary N) is 1. The zero-order valence-electron chi connectivity index (χ0n) is 12.1. The second-order valence-electron chi connectivity index (χ2n) is 6.73. The van der Waals surface area contributed by atoms with Gasteiger partial charge < -0.3 is 5.32 Å². The molecule has 1 N–H and O–H groups in total. The molecule has 1 fully saturated rings. The van der Waals surface area contributed by atoms with Gasteiger partial charge in [0.1, 0.15) is 0 Å². The van der Waals surface area contributed by atoms with Gasteiger partial charge in [0.2, 0.25) is 0 Å². The molecule has 1 aliphatic heterocycles. The molecule has 1 aromatic heterocycles. The third-order valence-corrected chi connectivity index (χ3v) is 5.68. The van der Waals surface area contributed by atoms with Crippen molar-refractivity contribution < 1.29 is 0 Å². The van der Waals surface area contributed by atoms with Crippen LogP contribution in [-0.4, -0.2) is 11.5 Å². The standard InChI is InChI=1S/C17H20N2S/c1-17(2)8-14(17)16-19-15(10-20-16)12-3-4-13-9-18-6-5-11(13)7-12/h3-4,7,10,14,18H,5-6,8-9H2,1-2H3. The number of fused-ring (bicyclic) bond motifs is 1. The average Bonchev–Trinajstić information content (AvgIpc) is 2.90. The quantitative estimate of drug-likeness (QED) is 0.902. The summed E-state index contributed by atoms with van der Waals surface area (Å²) in [6.45, 7) is 6.78. The molecule has 0 amide bonds. The fourth-order valence-corrected chi connectivity index (χ4v) is 4.24. The fraction of sp³-hybridized carbons (Fsp3) is 0.471. The van der Waals surface area contributed by atoms with Crippen LogP contribution < -0.4 is 5.32 Å². The molecule has 1 unspecified atom stereocenters. The Kier molecular flexibility index (Phi) is 2.76. The van der Waals surface area contributed by atoms with E-state index in [1.54, 1.807) is 0 Å². The average molecular weight is 284 g/mol. The van der Waals surface area contributed by atoms with E-state index in [1.165, 1.54) is 28.1 Å². The van der Waals surface area contributed by atoms with Crippen LogP contribution in [0.15, 0.2) is 23.6 Å². The van der Waals surface area contributed by atoms with Gasteiger partial charge in [0.05, 0.1) is 10.7 Å². The van der Waals surface area contributed by atoms with Gasteiger partial charge in [-0.2, -0.15) is 0 Å². The summed E-state index contributed by atoms with van der Waals surface area (Å²) in [5.41, 5.74) is 5.85. The Balaban J connectivity index is 1.64. The molecular weight excluding hydrogens is 264 g/mol. The molecule has 4 rings (SSSR count). The topological polar surface area (TPSA) is 24.9 Å². The summed E-state index contributed by atoms with van der Waals surface area (Å²) in [6.07, 6.45) is 2.42. The van der Waals surface area contributed by atoms with Crippen LogP contribution >= 0.6 is 11.3 Å². The zero-order chi connectivity index (χ0) is 13.7. The molecule has 0 spiro atoms. The highest BCUT2D eigenvalue weighted by atomic mass is 32.1. The summed E-state index contributed by atoms with van der Waals surface area (Å²) < 4.78 is 0. The van der Waals surface area contributed by atoms with Gasteiger partial charge >= 0.3 is 0 Å². The number of rotatable bonds is 2. The van der Waals surface area contributed by atoms with Crippen LogP contribution in [0.3, 0.4) is 0 Å². The molecule has 2 aromatic rings. The highest BCUT2D eigenvalue weighted by molar-refractivity contribution is 7.10. The van der Waals surface area contributed by atoms with E-state index >= 15 is 0 Å². The van der Waals surface area contributed by atoms with Crippen molar-refractivity contribution in [2.24, 2.45) is 5.41 Å². The highest BCUT2D eigenvalue weighted by Crippen LogP contribution is 2.59. The van der Waals surface area contributed by atoms with Crippen molar-refractivity contribution in [3.8, 4) is 11.3 Å². The van der Waals surface area contributed by atoms with Crippen LogP contribution in [0.25, 0.3) is 11.3 Å². The van der Waals surface area contributed by atoms with Gasteiger partial charge in [-0.3, -0.25) is 0 Å². The molecule has 2 heterocycles. The number of aromatic nitrogens is 1. The van der Waals surface area contributed by atoms with E-state index in [0.29, 0.717) is 11.3 Å². The lowest BCUT2D eigenvalue weighted by molar-refractivity contribution is 0.620. The van der Waals surface area contributed by atoms with E-state index < -0.39 is 0 Å². The first-order chi connectivity index (χ1) is 9.63. The Bertz CT molecular complexity index is 657. The first-order valence-corrected chi connectivity index (χ1v) is 8.30. The third kappa shape index (κ3) is 2.09. The van der Waals surface area contributed by atoms with Crippen LogP contribution in [0.2, 0.25) is 0 Å². The summed E-state index contributed by atoms with van der Waals surface area (Å²) in [6, 6.07) is 6.83. The molecule has 20 heavy (non-hydrogen) atoms. The maximum Gasteiger partial charge on any atom is 0.0969 e. The number of hydrogen-bond acceptors (Lipinski definition) is 3. The van der Waals surface area contributed by atoms with Crippen LogP contribution in [0.1, 0.15) is 42.3 Å². The first-order valence-electron chi connectivity index (χ1n) is 7.42. The Labute approximate surface area is 124 Å². The van der Waals surface area contributed by atoms with Gasteiger partial charge in [0.25, 0.3) is 0 Å². The van der Waals surface area contributed by atoms with E-state index in [2.05, 4.69) is 42.7 Å². The number of thiazole rings is 1. The van der Waals surface area contributed by atoms with E-state index in [-0.39, 0.29) is 0 Å². The molecule has 1 aliphatic carbocycles. The summed E-state index contributed by atoms with van der Waals surface area (Å²) >= 11 is 1.83. The molecule has 0 radical (unpaired) electrons. The number of hydrogen-bond donors (Lipinski definition) is 1. The van der Waals surface area contributed by atoms with E-state index in [1.807, 2.05) is 11.3 Å². The van der Waals surface area contributed by atoms with Crippen molar-refractivity contribution in [3.63, 3.8) is 0 Å². The molecule has 2 aliphatic rings. The zero-order valence-corrected chi connectivity index (χ0v) is 12.9. The Morgan fingerprint density at radius 2 is 2.15 bits per heavy atom. The van der Waals surface area contributed by atoms with Crippen molar-refractivity contribution in [1.82, 2.24) is 10.3 Å². The Morgan fingerprint density at radius 3 is 2.95 bits per heavy atom. The molecule has 2 nitrogen and oxygen atoms in total. The number of nitrogens with zero attached hydrogens (tertiary/aromatic N) is 1. The second kappa shape index (κ2) is 4.40. The summed E-state index contributed by atoms with van der Waals surface area (Å²) in [5.74, 6) is 0.683. The molecule has 1 saturated carbocycles. The molecule has 0 saturated heterocycles. The van der Waals surface area contributed by atoms with Gasteiger partial charge in [-0.05, 0) is 42.0 Å². The van der Waals surface area contributed by atoms with Gasteiger partial charge in [-0.15, -0.1) is 11.3 Å². The smallest absolute Gasteiger partial charge is 0.0969 e. The molecule has 104 valence electrons. The lowest BCUT2D eigenvalue weighted by Gasteiger charge is -2.17. The Morgan fingerprint density at radius 1 is 1.30 bits per heavy atom. The van der Waals surface area contributed by atoms with Gasteiger partial charge in [-0.25, -0.2) is 4.98 Å². The molecule has 1 aromatic carbocycles. The summed E-state index contributed by atoms with van der Waals surface area (Å²) in [7, 11) is 0.